The molecule has 1 aliphatic rings. The van der Waals surface area contributed by atoms with E-state index in [1.807, 2.05) is 12.1 Å². The van der Waals surface area contributed by atoms with Gasteiger partial charge in [-0.05, 0) is 18.2 Å². The maximum atomic E-state index is 11.7. The number of nitrogens with zero attached hydrogens (tertiary/aromatic N) is 1. The zero-order valence-electron chi connectivity index (χ0n) is 8.81. The molecule has 0 bridgehead atoms. The summed E-state index contributed by atoms with van der Waals surface area (Å²) in [6, 6.07) is 10.6. The highest BCUT2D eigenvalue weighted by Crippen LogP contribution is 2.27. The average molecular weight is 224 g/mol. The van der Waals surface area contributed by atoms with Gasteiger partial charge in [-0.15, -0.1) is 0 Å². The van der Waals surface area contributed by atoms with Crippen LogP contribution in [0.5, 0.6) is 0 Å². The predicted octanol–water partition coefficient (Wildman–Crippen LogP) is 1.63. The molecule has 0 atom stereocenters. The first-order valence-electron chi connectivity index (χ1n) is 5.17. The highest BCUT2D eigenvalue weighted by molar-refractivity contribution is 6.23. The van der Waals surface area contributed by atoms with Crippen LogP contribution in [0.25, 0.3) is 11.3 Å². The van der Waals surface area contributed by atoms with E-state index < -0.39 is 0 Å². The fourth-order valence-electron chi connectivity index (χ4n) is 1.95. The molecule has 4 heteroatoms. The number of nitrogens with one attached hydrogen (secondary N) is 1. The third-order valence-corrected chi connectivity index (χ3v) is 2.70. The minimum atomic E-state index is -0.355. The summed E-state index contributed by atoms with van der Waals surface area (Å²) in [5.74, 6) is -0.700. The zero-order valence-corrected chi connectivity index (χ0v) is 8.81. The van der Waals surface area contributed by atoms with Crippen LogP contribution in [-0.2, 0) is 0 Å². The molecular formula is C13H8N2O2. The average Bonchev–Trinajstić information content (AvgIpc) is 2.66. The summed E-state index contributed by atoms with van der Waals surface area (Å²) in [6.45, 7) is 0. The van der Waals surface area contributed by atoms with Gasteiger partial charge in [-0.1, -0.05) is 18.2 Å². The lowest BCUT2D eigenvalue weighted by atomic mass is 10.00. The van der Waals surface area contributed by atoms with Crippen molar-refractivity contribution >= 4 is 11.8 Å². The van der Waals surface area contributed by atoms with E-state index >= 15 is 0 Å². The number of fused-ring (bicyclic) bond motifs is 1. The van der Waals surface area contributed by atoms with Crippen LogP contribution in [0.4, 0.5) is 0 Å². The number of imide groups is 1. The summed E-state index contributed by atoms with van der Waals surface area (Å²) >= 11 is 0. The number of amides is 2. The monoisotopic (exact) mass is 224 g/mol. The van der Waals surface area contributed by atoms with Crippen molar-refractivity contribution in [3.63, 3.8) is 0 Å². The Bertz CT molecular complexity index is 621. The van der Waals surface area contributed by atoms with E-state index in [4.69, 9.17) is 0 Å². The molecule has 2 amide bonds. The normalized spacial score (nSPS) is 13.4. The van der Waals surface area contributed by atoms with Crippen LogP contribution < -0.4 is 5.32 Å². The number of pyridine rings is 1. The van der Waals surface area contributed by atoms with Crippen molar-refractivity contribution < 1.29 is 9.59 Å². The number of hydrogen-bond donors (Lipinski definition) is 1. The van der Waals surface area contributed by atoms with Crippen molar-refractivity contribution in [2.24, 2.45) is 0 Å². The van der Waals surface area contributed by atoms with E-state index in [0.717, 1.165) is 0 Å². The van der Waals surface area contributed by atoms with E-state index in [2.05, 4.69) is 10.3 Å². The summed E-state index contributed by atoms with van der Waals surface area (Å²) in [6.07, 6.45) is 1.66. The zero-order chi connectivity index (χ0) is 11.8. The Labute approximate surface area is 97.3 Å². The van der Waals surface area contributed by atoms with E-state index in [-0.39, 0.29) is 11.8 Å². The smallest absolute Gasteiger partial charge is 0.259 e. The molecule has 2 aromatic rings. The summed E-state index contributed by atoms with van der Waals surface area (Å²) in [5.41, 5.74) is 2.20. The second-order valence-electron chi connectivity index (χ2n) is 3.73. The van der Waals surface area contributed by atoms with E-state index in [1.165, 1.54) is 0 Å². The number of aromatic nitrogens is 1. The lowest BCUT2D eigenvalue weighted by Gasteiger charge is -2.04. The summed E-state index contributed by atoms with van der Waals surface area (Å²) in [5, 5.41) is 2.29. The minimum Gasteiger partial charge on any atom is -0.288 e. The Kier molecular flexibility index (Phi) is 2.01. The molecule has 3 rings (SSSR count). The Morgan fingerprint density at radius 1 is 0.882 bits per heavy atom. The second-order valence-corrected chi connectivity index (χ2v) is 3.73. The molecule has 82 valence electrons. The Balaban J connectivity index is 2.27. The van der Waals surface area contributed by atoms with Gasteiger partial charge in [0.15, 0.2) is 0 Å². The van der Waals surface area contributed by atoms with Gasteiger partial charge in [-0.25, -0.2) is 0 Å². The van der Waals surface area contributed by atoms with Gasteiger partial charge < -0.3 is 0 Å². The van der Waals surface area contributed by atoms with Crippen LogP contribution in [0.15, 0.2) is 42.6 Å². The second kappa shape index (κ2) is 3.52. The third kappa shape index (κ3) is 1.42. The van der Waals surface area contributed by atoms with Crippen molar-refractivity contribution in [3.8, 4) is 11.3 Å². The van der Waals surface area contributed by atoms with Crippen LogP contribution in [-0.4, -0.2) is 16.8 Å². The van der Waals surface area contributed by atoms with Gasteiger partial charge in [0.25, 0.3) is 11.8 Å². The molecule has 0 radical (unpaired) electrons. The maximum Gasteiger partial charge on any atom is 0.259 e. The molecule has 0 aliphatic carbocycles. The lowest BCUT2D eigenvalue weighted by molar-refractivity contribution is 0.0880. The van der Waals surface area contributed by atoms with Crippen LogP contribution in [0.2, 0.25) is 0 Å². The molecule has 1 aromatic carbocycles. The number of benzene rings is 1. The molecule has 0 saturated carbocycles. The van der Waals surface area contributed by atoms with Crippen molar-refractivity contribution in [1.29, 1.82) is 0 Å². The van der Waals surface area contributed by atoms with Gasteiger partial charge in [0.2, 0.25) is 0 Å². The highest BCUT2D eigenvalue weighted by Gasteiger charge is 2.29. The molecule has 0 fully saturated rings. The van der Waals surface area contributed by atoms with Crippen molar-refractivity contribution in [2.45, 2.75) is 0 Å². The standard InChI is InChI=1S/C13H8N2O2/c16-12-9-5-3-4-8(11(9)13(17)15-12)10-6-1-2-7-14-10/h1-7H,(H,15,16,17). The molecule has 1 aromatic heterocycles. The van der Waals surface area contributed by atoms with Crippen molar-refractivity contribution in [1.82, 2.24) is 10.3 Å². The van der Waals surface area contributed by atoms with Crippen LogP contribution in [0, 0.1) is 0 Å². The van der Waals surface area contributed by atoms with Crippen molar-refractivity contribution in [3.05, 3.63) is 53.7 Å². The quantitative estimate of drug-likeness (QED) is 0.749. The molecule has 1 aliphatic heterocycles. The highest BCUT2D eigenvalue weighted by atomic mass is 16.2. The summed E-state index contributed by atoms with van der Waals surface area (Å²) in [7, 11) is 0. The fourth-order valence-corrected chi connectivity index (χ4v) is 1.95. The number of rotatable bonds is 1. The first kappa shape index (κ1) is 9.72. The maximum absolute atomic E-state index is 11.7. The topological polar surface area (TPSA) is 59.1 Å². The predicted molar refractivity (Wildman–Crippen MR) is 61.5 cm³/mol. The Morgan fingerprint density at radius 2 is 1.71 bits per heavy atom. The van der Waals surface area contributed by atoms with Gasteiger partial charge in [-0.2, -0.15) is 0 Å². The lowest BCUT2D eigenvalue weighted by Crippen LogP contribution is -2.20. The largest absolute Gasteiger partial charge is 0.288 e. The van der Waals surface area contributed by atoms with Crippen LogP contribution >= 0.6 is 0 Å². The Hall–Kier alpha value is -2.49. The first-order valence-corrected chi connectivity index (χ1v) is 5.17. The molecule has 0 spiro atoms. The van der Waals surface area contributed by atoms with E-state index in [9.17, 15) is 9.59 Å². The molecule has 17 heavy (non-hydrogen) atoms. The molecule has 4 nitrogen and oxygen atoms in total. The minimum absolute atomic E-state index is 0.345. The van der Waals surface area contributed by atoms with E-state index in [0.29, 0.717) is 22.4 Å². The summed E-state index contributed by atoms with van der Waals surface area (Å²) < 4.78 is 0. The SMILES string of the molecule is O=C1NC(=O)c2c1cccc2-c1ccccn1. The molecule has 1 N–H and O–H groups in total. The number of hydrogen-bond acceptors (Lipinski definition) is 3. The van der Waals surface area contributed by atoms with Gasteiger partial charge in [0.05, 0.1) is 16.8 Å². The van der Waals surface area contributed by atoms with Crippen LogP contribution in [0.1, 0.15) is 20.7 Å². The van der Waals surface area contributed by atoms with Gasteiger partial charge in [-0.3, -0.25) is 19.9 Å². The third-order valence-electron chi connectivity index (χ3n) is 2.70. The van der Waals surface area contributed by atoms with Crippen LogP contribution in [0.3, 0.4) is 0 Å². The summed E-state index contributed by atoms with van der Waals surface area (Å²) in [4.78, 5) is 27.4. The molecule has 0 saturated heterocycles. The number of carbonyl (C=O) groups excluding carboxylic acids is 2. The number of carbonyl (C=O) groups is 2. The molecule has 0 unspecified atom stereocenters. The molecule has 2 heterocycles. The Morgan fingerprint density at radius 3 is 2.47 bits per heavy atom. The van der Waals surface area contributed by atoms with Crippen molar-refractivity contribution in [2.75, 3.05) is 0 Å². The first-order chi connectivity index (χ1) is 8.27. The van der Waals surface area contributed by atoms with E-state index in [1.54, 1.807) is 30.5 Å². The molecular weight excluding hydrogens is 216 g/mol. The van der Waals surface area contributed by atoms with Gasteiger partial charge in [0, 0.05) is 11.8 Å². The van der Waals surface area contributed by atoms with Gasteiger partial charge in [0.1, 0.15) is 0 Å². The van der Waals surface area contributed by atoms with Gasteiger partial charge >= 0.3 is 0 Å². The fraction of sp³-hybridized carbons (Fsp3) is 0.